The highest BCUT2D eigenvalue weighted by atomic mass is 79.9. The van der Waals surface area contributed by atoms with Gasteiger partial charge in [0.05, 0.1) is 4.47 Å². The van der Waals surface area contributed by atoms with Gasteiger partial charge in [-0.3, -0.25) is 0 Å². The first-order valence-electron chi connectivity index (χ1n) is 5.85. The maximum Gasteiger partial charge on any atom is 0.140 e. The molecule has 3 nitrogen and oxygen atoms in total. The summed E-state index contributed by atoms with van der Waals surface area (Å²) in [6.07, 6.45) is 4.55. The minimum Gasteiger partial charge on any atom is -0.368 e. The molecule has 0 aliphatic carbocycles. The second kappa shape index (κ2) is 5.64. The number of aryl methyl sites for hydroxylation is 1. The van der Waals surface area contributed by atoms with Gasteiger partial charge in [0.2, 0.25) is 0 Å². The van der Waals surface area contributed by atoms with E-state index in [-0.39, 0.29) is 0 Å². The molecule has 1 N–H and O–H groups in total. The van der Waals surface area contributed by atoms with Crippen molar-refractivity contribution in [3.8, 4) is 0 Å². The molecule has 0 bridgehead atoms. The van der Waals surface area contributed by atoms with E-state index in [1.807, 2.05) is 12.3 Å². The van der Waals surface area contributed by atoms with Crippen molar-refractivity contribution in [3.63, 3.8) is 0 Å². The molecule has 0 amide bonds. The predicted molar refractivity (Wildman–Crippen MR) is 70.8 cm³/mol. The van der Waals surface area contributed by atoms with Crippen molar-refractivity contribution in [3.05, 3.63) is 22.3 Å². The van der Waals surface area contributed by atoms with Gasteiger partial charge in [-0.05, 0) is 60.4 Å². The van der Waals surface area contributed by atoms with Crippen LogP contribution in [0.1, 0.15) is 18.4 Å². The summed E-state index contributed by atoms with van der Waals surface area (Å²) in [5.41, 5.74) is 1.22. The molecule has 2 rings (SSSR count). The van der Waals surface area contributed by atoms with E-state index in [4.69, 9.17) is 0 Å². The average Bonchev–Trinajstić information content (AvgIpc) is 2.77. The van der Waals surface area contributed by atoms with Crippen LogP contribution in [-0.4, -0.2) is 36.1 Å². The lowest BCUT2D eigenvalue weighted by atomic mass is 10.3. The van der Waals surface area contributed by atoms with E-state index in [2.05, 4.69) is 38.1 Å². The van der Waals surface area contributed by atoms with Crippen LogP contribution in [0.3, 0.4) is 0 Å². The summed E-state index contributed by atoms with van der Waals surface area (Å²) < 4.78 is 1.08. The van der Waals surface area contributed by atoms with Crippen LogP contribution < -0.4 is 5.32 Å². The smallest absolute Gasteiger partial charge is 0.140 e. The number of pyridine rings is 1. The second-order valence-corrected chi connectivity index (χ2v) is 5.06. The highest BCUT2D eigenvalue weighted by Crippen LogP contribution is 2.22. The molecule has 0 radical (unpaired) electrons. The number of nitrogens with zero attached hydrogens (tertiary/aromatic N) is 2. The van der Waals surface area contributed by atoms with Crippen LogP contribution in [0, 0.1) is 6.92 Å². The molecule has 1 aliphatic heterocycles. The normalized spacial score (nSPS) is 16.6. The van der Waals surface area contributed by atoms with Crippen molar-refractivity contribution in [1.29, 1.82) is 0 Å². The van der Waals surface area contributed by atoms with Gasteiger partial charge in [0.1, 0.15) is 5.82 Å². The van der Waals surface area contributed by atoms with E-state index in [0.717, 1.165) is 23.4 Å². The number of rotatable bonds is 4. The van der Waals surface area contributed by atoms with E-state index < -0.39 is 0 Å². The molecule has 1 saturated heterocycles. The Bertz CT molecular complexity index is 348. The third-order valence-electron chi connectivity index (χ3n) is 3.00. The minimum atomic E-state index is 0.958. The summed E-state index contributed by atoms with van der Waals surface area (Å²) in [4.78, 5) is 6.82. The average molecular weight is 284 g/mol. The maximum atomic E-state index is 4.33. The third kappa shape index (κ3) is 2.95. The van der Waals surface area contributed by atoms with Gasteiger partial charge in [-0.2, -0.15) is 0 Å². The number of likely N-dealkylation sites (tertiary alicyclic amines) is 1. The zero-order chi connectivity index (χ0) is 11.4. The van der Waals surface area contributed by atoms with Gasteiger partial charge in [0, 0.05) is 19.3 Å². The molecule has 0 spiro atoms. The molecular weight excluding hydrogens is 266 g/mol. The zero-order valence-corrected chi connectivity index (χ0v) is 11.3. The van der Waals surface area contributed by atoms with Gasteiger partial charge in [0.15, 0.2) is 0 Å². The van der Waals surface area contributed by atoms with Crippen molar-refractivity contribution < 1.29 is 0 Å². The summed E-state index contributed by atoms with van der Waals surface area (Å²) in [5, 5.41) is 3.38. The number of nitrogens with one attached hydrogen (secondary N) is 1. The van der Waals surface area contributed by atoms with E-state index in [9.17, 15) is 0 Å². The number of hydrogen-bond donors (Lipinski definition) is 1. The quantitative estimate of drug-likeness (QED) is 0.921. The van der Waals surface area contributed by atoms with E-state index in [1.54, 1.807) is 0 Å². The fourth-order valence-corrected chi connectivity index (χ4v) is 2.38. The predicted octanol–water partition coefficient (Wildman–Crippen LogP) is 2.66. The largest absolute Gasteiger partial charge is 0.368 e. The van der Waals surface area contributed by atoms with E-state index >= 15 is 0 Å². The fourth-order valence-electron chi connectivity index (χ4n) is 2.00. The first-order valence-corrected chi connectivity index (χ1v) is 6.64. The van der Waals surface area contributed by atoms with Crippen LogP contribution in [0.5, 0.6) is 0 Å². The molecule has 0 aromatic carbocycles. The Labute approximate surface area is 105 Å². The van der Waals surface area contributed by atoms with Crippen molar-refractivity contribution in [1.82, 2.24) is 9.88 Å². The van der Waals surface area contributed by atoms with Gasteiger partial charge in [-0.15, -0.1) is 0 Å². The van der Waals surface area contributed by atoms with Gasteiger partial charge < -0.3 is 10.2 Å². The Hall–Kier alpha value is -0.610. The van der Waals surface area contributed by atoms with Crippen molar-refractivity contribution in [2.75, 3.05) is 31.5 Å². The van der Waals surface area contributed by atoms with Crippen LogP contribution in [0.15, 0.2) is 16.7 Å². The molecule has 2 heterocycles. The molecule has 0 saturated carbocycles. The number of hydrogen-bond acceptors (Lipinski definition) is 3. The molecule has 1 aliphatic rings. The van der Waals surface area contributed by atoms with Crippen LogP contribution in [0.4, 0.5) is 5.82 Å². The van der Waals surface area contributed by atoms with Gasteiger partial charge in [-0.1, -0.05) is 0 Å². The molecular formula is C12H18BrN3. The maximum absolute atomic E-state index is 4.33. The van der Waals surface area contributed by atoms with Crippen LogP contribution in [0.2, 0.25) is 0 Å². The molecule has 16 heavy (non-hydrogen) atoms. The summed E-state index contributed by atoms with van der Waals surface area (Å²) in [6.45, 7) is 6.67. The second-order valence-electron chi connectivity index (χ2n) is 4.27. The number of anilines is 1. The lowest BCUT2D eigenvalue weighted by Crippen LogP contribution is -2.26. The van der Waals surface area contributed by atoms with E-state index in [1.165, 1.54) is 31.5 Å². The first kappa shape index (κ1) is 11.9. The highest BCUT2D eigenvalue weighted by molar-refractivity contribution is 9.10. The third-order valence-corrected chi connectivity index (χ3v) is 4.00. The van der Waals surface area contributed by atoms with Crippen molar-refractivity contribution in [2.24, 2.45) is 0 Å². The molecule has 0 atom stereocenters. The van der Waals surface area contributed by atoms with Crippen molar-refractivity contribution in [2.45, 2.75) is 19.8 Å². The van der Waals surface area contributed by atoms with Gasteiger partial charge >= 0.3 is 0 Å². The standard InChI is InChI=1S/C12H18BrN3/c1-10-4-5-14-12(11(10)13)15-6-9-16-7-2-3-8-16/h4-5H,2-3,6-9H2,1H3,(H,14,15). The lowest BCUT2D eigenvalue weighted by Gasteiger charge is -2.15. The van der Waals surface area contributed by atoms with Crippen LogP contribution >= 0.6 is 15.9 Å². The van der Waals surface area contributed by atoms with Crippen molar-refractivity contribution >= 4 is 21.7 Å². The number of halogens is 1. The molecule has 1 aromatic rings. The topological polar surface area (TPSA) is 28.2 Å². The first-order chi connectivity index (χ1) is 7.77. The Kier molecular flexibility index (Phi) is 4.18. The van der Waals surface area contributed by atoms with Gasteiger partial charge in [0.25, 0.3) is 0 Å². The van der Waals surface area contributed by atoms with E-state index in [0.29, 0.717) is 0 Å². The Morgan fingerprint density at radius 3 is 2.94 bits per heavy atom. The van der Waals surface area contributed by atoms with Crippen LogP contribution in [-0.2, 0) is 0 Å². The Morgan fingerprint density at radius 2 is 2.19 bits per heavy atom. The SMILES string of the molecule is Cc1ccnc(NCCN2CCCC2)c1Br. The summed E-state index contributed by atoms with van der Waals surface area (Å²) in [6, 6.07) is 2.01. The van der Waals surface area contributed by atoms with Gasteiger partial charge in [-0.25, -0.2) is 4.98 Å². The Morgan fingerprint density at radius 1 is 1.44 bits per heavy atom. The highest BCUT2D eigenvalue weighted by Gasteiger charge is 2.10. The monoisotopic (exact) mass is 283 g/mol. The Balaban J connectivity index is 1.82. The molecule has 88 valence electrons. The molecule has 1 fully saturated rings. The summed E-state index contributed by atoms with van der Waals surface area (Å²) in [7, 11) is 0. The summed E-state index contributed by atoms with van der Waals surface area (Å²) >= 11 is 3.56. The van der Waals surface area contributed by atoms with Crippen LogP contribution in [0.25, 0.3) is 0 Å². The summed E-state index contributed by atoms with van der Waals surface area (Å²) in [5.74, 6) is 0.958. The minimum absolute atomic E-state index is 0.958. The fraction of sp³-hybridized carbons (Fsp3) is 0.583. The molecule has 4 heteroatoms. The zero-order valence-electron chi connectivity index (χ0n) is 9.67. The lowest BCUT2D eigenvalue weighted by molar-refractivity contribution is 0.352. The molecule has 0 unspecified atom stereocenters. The molecule has 1 aromatic heterocycles. The number of aromatic nitrogens is 1.